The highest BCUT2D eigenvalue weighted by Crippen LogP contribution is 2.47. The molecule has 2 aliphatic rings. The zero-order valence-corrected chi connectivity index (χ0v) is 12.9. The van der Waals surface area contributed by atoms with Crippen molar-refractivity contribution in [3.63, 3.8) is 0 Å². The summed E-state index contributed by atoms with van der Waals surface area (Å²) < 4.78 is 5.90. The standard InChI is InChI=1S/C19H17NO4/c21-17-16(19(22)23)15(13-9-5-2-6-10-13)18-20(17)14(11-24-18)12-7-3-1-4-8-12/h1-10,14-16,18H,11H2,(H,22,23)/t14-,15+,16+,18-/m1/s1. The summed E-state index contributed by atoms with van der Waals surface area (Å²) in [6, 6.07) is 18.7. The van der Waals surface area contributed by atoms with Crippen LogP contribution in [0.3, 0.4) is 0 Å². The van der Waals surface area contributed by atoms with Gasteiger partial charge in [-0.15, -0.1) is 0 Å². The van der Waals surface area contributed by atoms with Gasteiger partial charge in [0.2, 0.25) is 5.91 Å². The van der Waals surface area contributed by atoms with E-state index in [4.69, 9.17) is 4.74 Å². The molecule has 2 aliphatic heterocycles. The lowest BCUT2D eigenvalue weighted by Gasteiger charge is -2.23. The number of fused-ring (bicyclic) bond motifs is 1. The molecule has 1 amide bonds. The van der Waals surface area contributed by atoms with E-state index in [-0.39, 0.29) is 11.9 Å². The molecule has 2 aromatic rings. The van der Waals surface area contributed by atoms with E-state index in [1.165, 1.54) is 0 Å². The van der Waals surface area contributed by atoms with Crippen LogP contribution >= 0.6 is 0 Å². The third kappa shape index (κ3) is 2.20. The minimum Gasteiger partial charge on any atom is -0.481 e. The number of hydrogen-bond donors (Lipinski definition) is 1. The van der Waals surface area contributed by atoms with Crippen LogP contribution in [0.5, 0.6) is 0 Å². The largest absolute Gasteiger partial charge is 0.481 e. The number of carbonyl (C=O) groups excluding carboxylic acids is 1. The van der Waals surface area contributed by atoms with Crippen molar-refractivity contribution in [3.05, 3.63) is 71.8 Å². The maximum atomic E-state index is 12.9. The lowest BCUT2D eigenvalue weighted by Crippen LogP contribution is -2.33. The molecule has 0 radical (unpaired) electrons. The van der Waals surface area contributed by atoms with Gasteiger partial charge in [-0.1, -0.05) is 60.7 Å². The summed E-state index contributed by atoms with van der Waals surface area (Å²) in [7, 11) is 0. The predicted octanol–water partition coefficient (Wildman–Crippen LogP) is 2.41. The molecule has 4 atom stereocenters. The summed E-state index contributed by atoms with van der Waals surface area (Å²) in [5, 5.41) is 9.62. The van der Waals surface area contributed by atoms with Crippen LogP contribution < -0.4 is 0 Å². The highest BCUT2D eigenvalue weighted by Gasteiger charge is 2.58. The summed E-state index contributed by atoms with van der Waals surface area (Å²) in [5.74, 6) is -3.07. The van der Waals surface area contributed by atoms with Crippen molar-refractivity contribution in [2.45, 2.75) is 18.2 Å². The molecule has 4 rings (SSSR count). The van der Waals surface area contributed by atoms with Crippen molar-refractivity contribution < 1.29 is 19.4 Å². The second-order valence-electron chi connectivity index (χ2n) is 6.15. The van der Waals surface area contributed by atoms with E-state index in [0.717, 1.165) is 11.1 Å². The number of hydrogen-bond acceptors (Lipinski definition) is 3. The molecule has 0 aromatic heterocycles. The monoisotopic (exact) mass is 323 g/mol. The molecule has 0 bridgehead atoms. The van der Waals surface area contributed by atoms with Crippen LogP contribution in [-0.4, -0.2) is 34.7 Å². The maximum Gasteiger partial charge on any atom is 0.316 e. The maximum absolute atomic E-state index is 12.9. The average Bonchev–Trinajstić information content (AvgIpc) is 3.15. The van der Waals surface area contributed by atoms with Crippen LogP contribution in [0.2, 0.25) is 0 Å². The minimum atomic E-state index is -1.11. The first-order chi connectivity index (χ1) is 11.7. The van der Waals surface area contributed by atoms with E-state index in [1.807, 2.05) is 60.7 Å². The Hall–Kier alpha value is -2.66. The fourth-order valence-corrected chi connectivity index (χ4v) is 3.79. The van der Waals surface area contributed by atoms with Gasteiger partial charge in [0, 0.05) is 0 Å². The highest BCUT2D eigenvalue weighted by atomic mass is 16.5. The Kier molecular flexibility index (Phi) is 3.58. The van der Waals surface area contributed by atoms with Crippen LogP contribution in [0, 0.1) is 5.92 Å². The van der Waals surface area contributed by atoms with E-state index in [0.29, 0.717) is 6.61 Å². The molecule has 1 N–H and O–H groups in total. The minimum absolute atomic E-state index is 0.237. The summed E-state index contributed by atoms with van der Waals surface area (Å²) in [6.07, 6.45) is -0.536. The summed E-state index contributed by atoms with van der Waals surface area (Å²) in [4.78, 5) is 26.2. The molecule has 0 aliphatic carbocycles. The van der Waals surface area contributed by atoms with Crippen LogP contribution in [0.25, 0.3) is 0 Å². The van der Waals surface area contributed by atoms with Crippen molar-refractivity contribution in [2.24, 2.45) is 5.92 Å². The second-order valence-corrected chi connectivity index (χ2v) is 6.15. The molecule has 2 heterocycles. The normalized spacial score (nSPS) is 28.8. The summed E-state index contributed by atoms with van der Waals surface area (Å²) >= 11 is 0. The SMILES string of the molecule is O=C(O)[C@@H]1C(=O)N2[C@@H](c3ccccc3)CO[C@@H]2[C@H]1c1ccccc1. The van der Waals surface area contributed by atoms with E-state index < -0.39 is 24.0 Å². The number of nitrogens with zero attached hydrogens (tertiary/aromatic N) is 1. The molecule has 5 nitrogen and oxygen atoms in total. The van der Waals surface area contributed by atoms with Gasteiger partial charge in [-0.3, -0.25) is 9.59 Å². The van der Waals surface area contributed by atoms with E-state index in [9.17, 15) is 14.7 Å². The molecular weight excluding hydrogens is 306 g/mol. The van der Waals surface area contributed by atoms with Crippen molar-refractivity contribution in [2.75, 3.05) is 6.61 Å². The Labute approximate surface area is 139 Å². The summed E-state index contributed by atoms with van der Waals surface area (Å²) in [6.45, 7) is 0.385. The van der Waals surface area contributed by atoms with E-state index in [1.54, 1.807) is 4.90 Å². The van der Waals surface area contributed by atoms with E-state index in [2.05, 4.69) is 0 Å². The number of carboxylic acid groups (broad SMARTS) is 1. The fourth-order valence-electron chi connectivity index (χ4n) is 3.79. The average molecular weight is 323 g/mol. The van der Waals surface area contributed by atoms with Crippen molar-refractivity contribution in [1.82, 2.24) is 4.90 Å². The number of carbonyl (C=O) groups is 2. The first-order valence-electron chi connectivity index (χ1n) is 7.95. The van der Waals surface area contributed by atoms with Crippen molar-refractivity contribution in [3.8, 4) is 0 Å². The molecular formula is C19H17NO4. The topological polar surface area (TPSA) is 66.8 Å². The highest BCUT2D eigenvalue weighted by molar-refractivity contribution is 6.00. The van der Waals surface area contributed by atoms with Gasteiger partial charge in [-0.05, 0) is 11.1 Å². The quantitative estimate of drug-likeness (QED) is 0.881. The molecule has 122 valence electrons. The Morgan fingerprint density at radius 2 is 1.58 bits per heavy atom. The molecule has 0 spiro atoms. The molecule has 2 fully saturated rings. The van der Waals surface area contributed by atoms with Gasteiger partial charge in [0.1, 0.15) is 12.1 Å². The summed E-state index contributed by atoms with van der Waals surface area (Å²) in [5.41, 5.74) is 1.78. The smallest absolute Gasteiger partial charge is 0.316 e. The number of ether oxygens (including phenoxy) is 1. The van der Waals surface area contributed by atoms with Crippen LogP contribution in [0.1, 0.15) is 23.1 Å². The number of carboxylic acids is 1. The molecule has 0 saturated carbocycles. The lowest BCUT2D eigenvalue weighted by atomic mass is 9.87. The molecule has 2 saturated heterocycles. The molecule has 2 aromatic carbocycles. The Balaban J connectivity index is 1.75. The van der Waals surface area contributed by atoms with E-state index >= 15 is 0 Å². The predicted molar refractivity (Wildman–Crippen MR) is 86.1 cm³/mol. The Morgan fingerprint density at radius 1 is 1.00 bits per heavy atom. The third-order valence-corrected chi connectivity index (χ3v) is 4.86. The van der Waals surface area contributed by atoms with Gasteiger partial charge in [0.05, 0.1) is 18.6 Å². The number of amides is 1. The Morgan fingerprint density at radius 3 is 2.17 bits per heavy atom. The second kappa shape index (κ2) is 5.76. The van der Waals surface area contributed by atoms with Crippen LogP contribution in [0.4, 0.5) is 0 Å². The van der Waals surface area contributed by atoms with Crippen LogP contribution in [-0.2, 0) is 14.3 Å². The number of benzene rings is 2. The van der Waals surface area contributed by atoms with Gasteiger partial charge in [0.25, 0.3) is 0 Å². The third-order valence-electron chi connectivity index (χ3n) is 4.86. The van der Waals surface area contributed by atoms with Gasteiger partial charge in [0.15, 0.2) is 0 Å². The molecule has 5 heteroatoms. The first-order valence-corrected chi connectivity index (χ1v) is 7.95. The lowest BCUT2D eigenvalue weighted by molar-refractivity contribution is -0.148. The zero-order valence-electron chi connectivity index (χ0n) is 12.9. The Bertz CT molecular complexity index is 761. The van der Waals surface area contributed by atoms with Gasteiger partial charge < -0.3 is 14.7 Å². The molecule has 0 unspecified atom stereocenters. The fraction of sp³-hybridized carbons (Fsp3) is 0.263. The van der Waals surface area contributed by atoms with Crippen molar-refractivity contribution >= 4 is 11.9 Å². The van der Waals surface area contributed by atoms with Gasteiger partial charge in [-0.25, -0.2) is 0 Å². The first kappa shape index (κ1) is 14.9. The van der Waals surface area contributed by atoms with Gasteiger partial charge >= 0.3 is 5.97 Å². The number of rotatable bonds is 3. The van der Waals surface area contributed by atoms with Crippen LogP contribution in [0.15, 0.2) is 60.7 Å². The zero-order chi connectivity index (χ0) is 16.7. The molecule has 24 heavy (non-hydrogen) atoms. The van der Waals surface area contributed by atoms with Crippen molar-refractivity contribution in [1.29, 1.82) is 0 Å². The van der Waals surface area contributed by atoms with Gasteiger partial charge in [-0.2, -0.15) is 0 Å². The number of aliphatic carboxylic acids is 1.